The third kappa shape index (κ3) is 7.29. The lowest BCUT2D eigenvalue weighted by atomic mass is 10.0. The molecular weight excluding hydrogens is 444 g/mol. The molecule has 2 aromatic rings. The highest BCUT2D eigenvalue weighted by Crippen LogP contribution is 2.24. The number of halogens is 1. The van der Waals surface area contributed by atoms with Crippen LogP contribution in [0.1, 0.15) is 45.2 Å². The third-order valence-corrected chi connectivity index (χ3v) is 5.44. The molecule has 0 aliphatic heterocycles. The quantitative estimate of drug-likeness (QED) is 0.362. The van der Waals surface area contributed by atoms with Crippen molar-refractivity contribution >= 4 is 27.5 Å². The van der Waals surface area contributed by atoms with Gasteiger partial charge in [-0.15, -0.1) is 0 Å². The number of ether oxygens (including phenoxy) is 3. The Morgan fingerprint density at radius 3 is 2.20 bits per heavy atom. The zero-order valence-corrected chi connectivity index (χ0v) is 19.8. The number of esters is 1. The molecule has 0 bridgehead atoms. The summed E-state index contributed by atoms with van der Waals surface area (Å²) in [5, 5.41) is 0. The summed E-state index contributed by atoms with van der Waals surface area (Å²) in [4.78, 5) is 12.0. The van der Waals surface area contributed by atoms with Crippen molar-refractivity contribution in [2.75, 3.05) is 19.8 Å². The second-order valence-electron chi connectivity index (χ2n) is 6.92. The first-order chi connectivity index (χ1) is 14.5. The van der Waals surface area contributed by atoms with E-state index in [1.165, 1.54) is 16.7 Å². The largest absolute Gasteiger partial charge is 0.489 e. The molecule has 0 radical (unpaired) electrons. The Kier molecular flexibility index (Phi) is 10.1. The van der Waals surface area contributed by atoms with Gasteiger partial charge in [0.25, 0.3) is 0 Å². The van der Waals surface area contributed by atoms with Crippen molar-refractivity contribution in [3.63, 3.8) is 0 Å². The Labute approximate surface area is 188 Å². The van der Waals surface area contributed by atoms with Gasteiger partial charge in [0.2, 0.25) is 0 Å². The van der Waals surface area contributed by atoms with E-state index in [0.717, 1.165) is 22.2 Å². The highest BCUT2D eigenvalue weighted by atomic mass is 79.9. The Morgan fingerprint density at radius 2 is 1.63 bits per heavy atom. The van der Waals surface area contributed by atoms with Gasteiger partial charge in [0.05, 0.1) is 6.61 Å². The first-order valence-electron chi connectivity index (χ1n) is 10.4. The van der Waals surface area contributed by atoms with Gasteiger partial charge in [0.15, 0.2) is 6.10 Å². The highest BCUT2D eigenvalue weighted by Gasteiger charge is 2.20. The second kappa shape index (κ2) is 12.6. The molecule has 0 saturated carbocycles. The molecule has 0 heterocycles. The number of carbonyl (C=O) groups is 1. The summed E-state index contributed by atoms with van der Waals surface area (Å²) in [6.45, 7) is 9.31. The van der Waals surface area contributed by atoms with Crippen LogP contribution in [-0.4, -0.2) is 31.9 Å². The maximum absolute atomic E-state index is 12.0. The lowest BCUT2D eigenvalue weighted by Gasteiger charge is -2.16. The summed E-state index contributed by atoms with van der Waals surface area (Å²) in [6.07, 6.45) is 0.829. The number of carbonyl (C=O) groups excluding carboxylic acids is 1. The minimum absolute atomic E-state index is 0.319. The standard InChI is InChI=1S/C25H31BrO4/c1-5-20(18(4)21-10-12-22(26)13-11-21)17-30-23-14-8-19(9-15-23)16-24(28-6-2)25(27)29-7-3/h8-15,24H,5-7,16-17H2,1-4H3/b20-18-. The molecule has 0 spiro atoms. The minimum Gasteiger partial charge on any atom is -0.489 e. The van der Waals surface area contributed by atoms with Gasteiger partial charge in [0.1, 0.15) is 12.4 Å². The molecule has 4 nitrogen and oxygen atoms in total. The SMILES string of the molecule is CCOC(=O)C(Cc1ccc(OC/C(CC)=C(/C)c2ccc(Br)cc2)cc1)OCC. The van der Waals surface area contributed by atoms with Crippen LogP contribution in [-0.2, 0) is 20.7 Å². The van der Waals surface area contributed by atoms with E-state index >= 15 is 0 Å². The molecule has 0 saturated heterocycles. The van der Waals surface area contributed by atoms with Crippen molar-refractivity contribution in [3.05, 3.63) is 69.7 Å². The van der Waals surface area contributed by atoms with Gasteiger partial charge in [-0.3, -0.25) is 0 Å². The zero-order valence-electron chi connectivity index (χ0n) is 18.2. The molecule has 0 N–H and O–H groups in total. The van der Waals surface area contributed by atoms with E-state index in [1.807, 2.05) is 31.2 Å². The number of rotatable bonds is 11. The smallest absolute Gasteiger partial charge is 0.335 e. The average Bonchev–Trinajstić information content (AvgIpc) is 2.75. The summed E-state index contributed by atoms with van der Waals surface area (Å²) in [7, 11) is 0. The summed E-state index contributed by atoms with van der Waals surface area (Å²) in [5.41, 5.74) is 4.72. The van der Waals surface area contributed by atoms with Gasteiger partial charge in [-0.25, -0.2) is 4.79 Å². The molecule has 0 aliphatic rings. The predicted molar refractivity (Wildman–Crippen MR) is 125 cm³/mol. The Hall–Kier alpha value is -2.11. The van der Waals surface area contributed by atoms with Crippen LogP contribution in [0, 0.1) is 0 Å². The fourth-order valence-electron chi connectivity index (χ4n) is 3.13. The van der Waals surface area contributed by atoms with Crippen LogP contribution < -0.4 is 4.74 Å². The monoisotopic (exact) mass is 474 g/mol. The van der Waals surface area contributed by atoms with Crippen LogP contribution in [0.4, 0.5) is 0 Å². The molecule has 5 heteroatoms. The van der Waals surface area contributed by atoms with E-state index in [1.54, 1.807) is 6.92 Å². The van der Waals surface area contributed by atoms with Gasteiger partial charge in [-0.05, 0) is 73.7 Å². The van der Waals surface area contributed by atoms with Gasteiger partial charge in [-0.2, -0.15) is 0 Å². The van der Waals surface area contributed by atoms with Crippen LogP contribution in [0.3, 0.4) is 0 Å². The van der Waals surface area contributed by atoms with Gasteiger partial charge in [0, 0.05) is 17.5 Å². The van der Waals surface area contributed by atoms with Crippen molar-refractivity contribution < 1.29 is 19.0 Å². The summed E-state index contributed by atoms with van der Waals surface area (Å²) in [6, 6.07) is 16.1. The van der Waals surface area contributed by atoms with Crippen LogP contribution in [0.5, 0.6) is 5.75 Å². The Bertz CT molecular complexity index is 825. The number of hydrogen-bond acceptors (Lipinski definition) is 4. The number of hydrogen-bond donors (Lipinski definition) is 0. The predicted octanol–water partition coefficient (Wildman–Crippen LogP) is 6.22. The maximum atomic E-state index is 12.0. The first-order valence-corrected chi connectivity index (χ1v) is 11.2. The molecule has 0 aromatic heterocycles. The molecule has 2 rings (SSSR count). The molecule has 0 amide bonds. The van der Waals surface area contributed by atoms with Crippen molar-refractivity contribution in [1.82, 2.24) is 0 Å². The normalized spacial score (nSPS) is 12.8. The Balaban J connectivity index is 2.01. The van der Waals surface area contributed by atoms with Gasteiger partial charge >= 0.3 is 5.97 Å². The lowest BCUT2D eigenvalue weighted by Crippen LogP contribution is -2.28. The summed E-state index contributed by atoms with van der Waals surface area (Å²) in [5.74, 6) is 0.484. The van der Waals surface area contributed by atoms with Crippen LogP contribution >= 0.6 is 15.9 Å². The number of benzene rings is 2. The molecule has 1 atom stereocenters. The molecule has 162 valence electrons. The molecule has 30 heavy (non-hydrogen) atoms. The van der Waals surface area contributed by atoms with E-state index in [0.29, 0.717) is 26.2 Å². The van der Waals surface area contributed by atoms with Crippen molar-refractivity contribution in [3.8, 4) is 5.75 Å². The van der Waals surface area contributed by atoms with Crippen LogP contribution in [0.25, 0.3) is 5.57 Å². The Morgan fingerprint density at radius 1 is 0.967 bits per heavy atom. The zero-order chi connectivity index (χ0) is 21.9. The van der Waals surface area contributed by atoms with Crippen molar-refractivity contribution in [2.24, 2.45) is 0 Å². The van der Waals surface area contributed by atoms with Crippen LogP contribution in [0.15, 0.2) is 58.6 Å². The van der Waals surface area contributed by atoms with Gasteiger partial charge < -0.3 is 14.2 Å². The molecule has 2 aromatic carbocycles. The minimum atomic E-state index is -0.579. The molecule has 0 fully saturated rings. The molecule has 1 unspecified atom stereocenters. The van der Waals surface area contributed by atoms with Crippen molar-refractivity contribution in [1.29, 1.82) is 0 Å². The summed E-state index contributed by atoms with van der Waals surface area (Å²) >= 11 is 3.48. The average molecular weight is 475 g/mol. The van der Waals surface area contributed by atoms with Crippen molar-refractivity contribution in [2.45, 2.75) is 46.6 Å². The molecular formula is C25H31BrO4. The highest BCUT2D eigenvalue weighted by molar-refractivity contribution is 9.10. The van der Waals surface area contributed by atoms with E-state index < -0.39 is 6.10 Å². The second-order valence-corrected chi connectivity index (χ2v) is 7.84. The summed E-state index contributed by atoms with van der Waals surface area (Å²) < 4.78 is 17.7. The van der Waals surface area contributed by atoms with E-state index in [-0.39, 0.29) is 5.97 Å². The molecule has 0 aliphatic carbocycles. The van der Waals surface area contributed by atoms with Gasteiger partial charge in [-0.1, -0.05) is 47.1 Å². The van der Waals surface area contributed by atoms with E-state index in [4.69, 9.17) is 14.2 Å². The van der Waals surface area contributed by atoms with E-state index in [9.17, 15) is 4.79 Å². The fourth-order valence-corrected chi connectivity index (χ4v) is 3.40. The van der Waals surface area contributed by atoms with Crippen LogP contribution in [0.2, 0.25) is 0 Å². The maximum Gasteiger partial charge on any atom is 0.335 e. The fraction of sp³-hybridized carbons (Fsp3) is 0.400. The first kappa shape index (κ1) is 24.2. The topological polar surface area (TPSA) is 44.8 Å². The lowest BCUT2D eigenvalue weighted by molar-refractivity contribution is -0.156. The van der Waals surface area contributed by atoms with E-state index in [2.05, 4.69) is 54.0 Å². The number of allylic oxidation sites excluding steroid dienone is 1. The third-order valence-electron chi connectivity index (χ3n) is 4.91.